The van der Waals surface area contributed by atoms with Crippen molar-refractivity contribution in [2.45, 2.75) is 26.4 Å². The van der Waals surface area contributed by atoms with Crippen LogP contribution in [0.15, 0.2) is 30.3 Å². The third-order valence-corrected chi connectivity index (χ3v) is 2.87. The number of ketones is 1. The van der Waals surface area contributed by atoms with Gasteiger partial charge >= 0.3 is 5.97 Å². The van der Waals surface area contributed by atoms with Gasteiger partial charge in [0.15, 0.2) is 5.78 Å². The van der Waals surface area contributed by atoms with Gasteiger partial charge in [0, 0.05) is 5.56 Å². The van der Waals surface area contributed by atoms with Crippen molar-refractivity contribution in [3.05, 3.63) is 35.9 Å². The minimum absolute atomic E-state index is 0.0316. The van der Waals surface area contributed by atoms with E-state index < -0.39 is 5.60 Å². The SMILES string of the molecule is CC(C)(C)OC(=O)CSCC(=O)c1ccccc1. The van der Waals surface area contributed by atoms with E-state index in [-0.39, 0.29) is 17.5 Å². The summed E-state index contributed by atoms with van der Waals surface area (Å²) in [6.07, 6.45) is 0. The number of carbonyl (C=O) groups excluding carboxylic acids is 2. The van der Waals surface area contributed by atoms with Crippen molar-refractivity contribution in [2.75, 3.05) is 11.5 Å². The van der Waals surface area contributed by atoms with E-state index in [2.05, 4.69) is 0 Å². The molecule has 1 aromatic carbocycles. The molecule has 0 aliphatic heterocycles. The number of carbonyl (C=O) groups is 2. The normalized spacial score (nSPS) is 11.1. The number of ether oxygens (including phenoxy) is 1. The van der Waals surface area contributed by atoms with Crippen LogP contribution >= 0.6 is 11.8 Å². The van der Waals surface area contributed by atoms with E-state index in [9.17, 15) is 9.59 Å². The highest BCUT2D eigenvalue weighted by atomic mass is 32.2. The van der Waals surface area contributed by atoms with Crippen molar-refractivity contribution in [3.63, 3.8) is 0 Å². The van der Waals surface area contributed by atoms with Gasteiger partial charge in [-0.15, -0.1) is 11.8 Å². The van der Waals surface area contributed by atoms with Crippen molar-refractivity contribution in [3.8, 4) is 0 Å². The second kappa shape index (κ2) is 6.59. The Labute approximate surface area is 112 Å². The Morgan fingerprint density at radius 2 is 1.72 bits per heavy atom. The van der Waals surface area contributed by atoms with Crippen LogP contribution in [0.5, 0.6) is 0 Å². The van der Waals surface area contributed by atoms with Gasteiger partial charge in [-0.2, -0.15) is 0 Å². The molecule has 0 aliphatic rings. The quantitative estimate of drug-likeness (QED) is 0.607. The molecule has 0 atom stereocenters. The lowest BCUT2D eigenvalue weighted by Crippen LogP contribution is -2.25. The topological polar surface area (TPSA) is 43.4 Å². The molecule has 0 aliphatic carbocycles. The summed E-state index contributed by atoms with van der Waals surface area (Å²) < 4.78 is 5.15. The molecule has 1 aromatic rings. The lowest BCUT2D eigenvalue weighted by molar-refractivity contribution is -0.151. The molecule has 0 fully saturated rings. The highest BCUT2D eigenvalue weighted by molar-refractivity contribution is 8.00. The van der Waals surface area contributed by atoms with E-state index in [4.69, 9.17) is 4.74 Å². The largest absolute Gasteiger partial charge is 0.459 e. The lowest BCUT2D eigenvalue weighted by Gasteiger charge is -2.19. The van der Waals surface area contributed by atoms with Gasteiger partial charge in [0.05, 0.1) is 11.5 Å². The lowest BCUT2D eigenvalue weighted by atomic mass is 10.2. The monoisotopic (exact) mass is 266 g/mol. The molecule has 0 radical (unpaired) electrons. The Hall–Kier alpha value is -1.29. The Balaban J connectivity index is 2.30. The average Bonchev–Trinajstić information content (AvgIpc) is 2.27. The van der Waals surface area contributed by atoms with Crippen molar-refractivity contribution < 1.29 is 14.3 Å². The van der Waals surface area contributed by atoms with Gasteiger partial charge in [0.2, 0.25) is 0 Å². The molecular weight excluding hydrogens is 248 g/mol. The number of esters is 1. The summed E-state index contributed by atoms with van der Waals surface area (Å²) in [5.41, 5.74) is 0.204. The van der Waals surface area contributed by atoms with Gasteiger partial charge in [-0.25, -0.2) is 0 Å². The average molecular weight is 266 g/mol. The molecule has 0 saturated heterocycles. The first kappa shape index (κ1) is 14.8. The second-order valence-electron chi connectivity index (χ2n) is 4.87. The fourth-order valence-corrected chi connectivity index (χ4v) is 1.99. The minimum atomic E-state index is -0.471. The second-order valence-corrected chi connectivity index (χ2v) is 5.85. The maximum Gasteiger partial charge on any atom is 0.316 e. The summed E-state index contributed by atoms with van der Waals surface area (Å²) in [4.78, 5) is 23.2. The molecule has 0 aromatic heterocycles. The predicted octanol–water partition coefficient (Wildman–Crippen LogP) is 2.94. The third kappa shape index (κ3) is 5.87. The minimum Gasteiger partial charge on any atom is -0.459 e. The van der Waals surface area contributed by atoms with Gasteiger partial charge in [-0.05, 0) is 20.8 Å². The summed E-state index contributed by atoms with van der Waals surface area (Å²) in [5, 5.41) is 0. The fraction of sp³-hybridized carbons (Fsp3) is 0.429. The van der Waals surface area contributed by atoms with E-state index in [1.807, 2.05) is 39.0 Å². The summed E-state index contributed by atoms with van der Waals surface area (Å²) >= 11 is 1.28. The fourth-order valence-electron chi connectivity index (χ4n) is 1.31. The zero-order valence-corrected chi connectivity index (χ0v) is 11.8. The van der Waals surface area contributed by atoms with E-state index >= 15 is 0 Å². The molecule has 0 saturated carbocycles. The molecule has 0 N–H and O–H groups in total. The van der Waals surface area contributed by atoms with Crippen LogP contribution in [-0.4, -0.2) is 28.9 Å². The molecule has 18 heavy (non-hydrogen) atoms. The van der Waals surface area contributed by atoms with Crippen LogP contribution in [0.3, 0.4) is 0 Å². The number of benzene rings is 1. The van der Waals surface area contributed by atoms with Crippen LogP contribution in [0, 0.1) is 0 Å². The molecule has 0 spiro atoms. The molecule has 0 unspecified atom stereocenters. The first-order chi connectivity index (χ1) is 8.38. The Kier molecular flexibility index (Phi) is 5.41. The first-order valence-electron chi connectivity index (χ1n) is 5.76. The maximum absolute atomic E-state index is 11.7. The summed E-state index contributed by atoms with van der Waals surface area (Å²) in [6.45, 7) is 5.47. The van der Waals surface area contributed by atoms with E-state index in [0.29, 0.717) is 11.3 Å². The highest BCUT2D eigenvalue weighted by Crippen LogP contribution is 2.11. The maximum atomic E-state index is 11.7. The van der Waals surface area contributed by atoms with Crippen LogP contribution in [-0.2, 0) is 9.53 Å². The number of thioether (sulfide) groups is 1. The van der Waals surface area contributed by atoms with Crippen molar-refractivity contribution in [2.24, 2.45) is 0 Å². The smallest absolute Gasteiger partial charge is 0.316 e. The van der Waals surface area contributed by atoms with Crippen LogP contribution in [0.2, 0.25) is 0 Å². The summed E-state index contributed by atoms with van der Waals surface area (Å²) in [6, 6.07) is 9.06. The molecule has 3 nitrogen and oxygen atoms in total. The van der Waals surface area contributed by atoms with Gasteiger partial charge < -0.3 is 4.74 Å². The standard InChI is InChI=1S/C14H18O3S/c1-14(2,3)17-13(16)10-18-9-12(15)11-7-5-4-6-8-11/h4-8H,9-10H2,1-3H3. The van der Waals surface area contributed by atoms with E-state index in [1.165, 1.54) is 11.8 Å². The number of rotatable bonds is 5. The van der Waals surface area contributed by atoms with Crippen molar-refractivity contribution >= 4 is 23.5 Å². The van der Waals surface area contributed by atoms with E-state index in [1.54, 1.807) is 12.1 Å². The number of Topliss-reactive ketones (excluding diaryl/α,β-unsaturated/α-hetero) is 1. The predicted molar refractivity (Wildman–Crippen MR) is 73.9 cm³/mol. The molecule has 98 valence electrons. The molecular formula is C14H18O3S. The van der Waals surface area contributed by atoms with Gasteiger partial charge in [0.1, 0.15) is 5.60 Å². The van der Waals surface area contributed by atoms with Crippen molar-refractivity contribution in [1.29, 1.82) is 0 Å². The van der Waals surface area contributed by atoms with Crippen LogP contribution in [0.1, 0.15) is 31.1 Å². The summed E-state index contributed by atoms with van der Waals surface area (Å²) in [7, 11) is 0. The Morgan fingerprint density at radius 3 is 2.28 bits per heavy atom. The third-order valence-electron chi connectivity index (χ3n) is 1.97. The van der Waals surface area contributed by atoms with Crippen LogP contribution in [0.25, 0.3) is 0 Å². The van der Waals surface area contributed by atoms with Crippen LogP contribution < -0.4 is 0 Å². The highest BCUT2D eigenvalue weighted by Gasteiger charge is 2.16. The zero-order chi connectivity index (χ0) is 13.6. The zero-order valence-electron chi connectivity index (χ0n) is 10.9. The summed E-state index contributed by atoms with van der Waals surface area (Å²) in [5.74, 6) is 0.247. The molecule has 0 amide bonds. The van der Waals surface area contributed by atoms with E-state index in [0.717, 1.165) is 0 Å². The number of hydrogen-bond donors (Lipinski definition) is 0. The molecule has 1 rings (SSSR count). The van der Waals surface area contributed by atoms with Crippen molar-refractivity contribution in [1.82, 2.24) is 0 Å². The van der Waals surface area contributed by atoms with Gasteiger partial charge in [-0.1, -0.05) is 30.3 Å². The van der Waals surface area contributed by atoms with Gasteiger partial charge in [0.25, 0.3) is 0 Å². The Morgan fingerprint density at radius 1 is 1.11 bits per heavy atom. The first-order valence-corrected chi connectivity index (χ1v) is 6.92. The molecule has 0 bridgehead atoms. The number of hydrogen-bond acceptors (Lipinski definition) is 4. The Bertz CT molecular complexity index is 407. The molecule has 0 heterocycles. The van der Waals surface area contributed by atoms with Crippen LogP contribution in [0.4, 0.5) is 0 Å². The van der Waals surface area contributed by atoms with Gasteiger partial charge in [-0.3, -0.25) is 9.59 Å². The molecule has 4 heteroatoms.